The molecule has 2 aromatic heterocycles. The first-order valence-electron chi connectivity index (χ1n) is 6.98. The van der Waals surface area contributed by atoms with E-state index in [0.717, 1.165) is 42.2 Å². The molecule has 3 heterocycles. The van der Waals surface area contributed by atoms with Crippen molar-refractivity contribution in [3.63, 3.8) is 0 Å². The van der Waals surface area contributed by atoms with Gasteiger partial charge in [-0.25, -0.2) is 4.98 Å². The van der Waals surface area contributed by atoms with Gasteiger partial charge >= 0.3 is 0 Å². The molecule has 0 bridgehead atoms. The van der Waals surface area contributed by atoms with E-state index in [1.54, 1.807) is 11.3 Å². The summed E-state index contributed by atoms with van der Waals surface area (Å²) in [6.07, 6.45) is 0. The largest absolute Gasteiger partial charge is 0.368 e. The smallest absolute Gasteiger partial charge is 0.222 e. The third-order valence-electron chi connectivity index (χ3n) is 3.53. The summed E-state index contributed by atoms with van der Waals surface area (Å²) in [5, 5.41) is 3.36. The topological polar surface area (TPSA) is 67.1 Å². The standard InChI is InChI=1S/C14H21N5S/c1-14(2,3)10-8-9-11(20-10)12(18-13(15)17-9)19-6-4-16-5-7-19/h8,16H,4-7H2,1-3H3,(H2,15,17,18). The second-order valence-corrected chi connectivity index (χ2v) is 7.27. The van der Waals surface area contributed by atoms with Crippen molar-refractivity contribution < 1.29 is 0 Å². The molecule has 0 unspecified atom stereocenters. The van der Waals surface area contributed by atoms with Crippen molar-refractivity contribution in [2.75, 3.05) is 36.8 Å². The van der Waals surface area contributed by atoms with Crippen LogP contribution in [0.2, 0.25) is 0 Å². The molecule has 3 rings (SSSR count). The van der Waals surface area contributed by atoms with Gasteiger partial charge in [0.2, 0.25) is 5.95 Å². The molecule has 1 aliphatic rings. The molecule has 0 atom stereocenters. The van der Waals surface area contributed by atoms with Gasteiger partial charge in [0.05, 0.1) is 10.2 Å². The summed E-state index contributed by atoms with van der Waals surface area (Å²) in [6.45, 7) is 10.6. The van der Waals surface area contributed by atoms with E-state index in [0.29, 0.717) is 5.95 Å². The van der Waals surface area contributed by atoms with Crippen molar-refractivity contribution >= 4 is 33.3 Å². The van der Waals surface area contributed by atoms with E-state index in [1.165, 1.54) is 4.88 Å². The minimum absolute atomic E-state index is 0.126. The van der Waals surface area contributed by atoms with E-state index in [-0.39, 0.29) is 5.41 Å². The Morgan fingerprint density at radius 2 is 1.95 bits per heavy atom. The number of fused-ring (bicyclic) bond motifs is 1. The molecule has 0 spiro atoms. The van der Waals surface area contributed by atoms with Gasteiger partial charge in [0.15, 0.2) is 5.82 Å². The van der Waals surface area contributed by atoms with Crippen molar-refractivity contribution in [1.82, 2.24) is 15.3 Å². The molecule has 108 valence electrons. The number of nitrogens with zero attached hydrogens (tertiary/aromatic N) is 3. The van der Waals surface area contributed by atoms with Crippen LogP contribution in [0, 0.1) is 0 Å². The van der Waals surface area contributed by atoms with Crippen LogP contribution in [-0.2, 0) is 5.41 Å². The zero-order valence-electron chi connectivity index (χ0n) is 12.2. The second-order valence-electron chi connectivity index (χ2n) is 6.22. The fourth-order valence-electron chi connectivity index (χ4n) is 2.39. The third-order valence-corrected chi connectivity index (χ3v) is 5.07. The average molecular weight is 291 g/mol. The molecule has 20 heavy (non-hydrogen) atoms. The van der Waals surface area contributed by atoms with Gasteiger partial charge in [-0.2, -0.15) is 4.98 Å². The molecule has 0 amide bonds. The van der Waals surface area contributed by atoms with Gasteiger partial charge < -0.3 is 16.0 Å². The summed E-state index contributed by atoms with van der Waals surface area (Å²) in [5.74, 6) is 1.36. The van der Waals surface area contributed by atoms with E-state index < -0.39 is 0 Å². The summed E-state index contributed by atoms with van der Waals surface area (Å²) in [4.78, 5) is 12.5. The highest BCUT2D eigenvalue weighted by molar-refractivity contribution is 7.19. The van der Waals surface area contributed by atoms with Gasteiger partial charge in [0.25, 0.3) is 0 Å². The number of thiophene rings is 1. The monoisotopic (exact) mass is 291 g/mol. The molecule has 3 N–H and O–H groups in total. The molecule has 1 fully saturated rings. The van der Waals surface area contributed by atoms with E-state index >= 15 is 0 Å². The molecule has 0 aliphatic carbocycles. The van der Waals surface area contributed by atoms with Crippen molar-refractivity contribution in [2.24, 2.45) is 0 Å². The Hall–Kier alpha value is -1.40. The van der Waals surface area contributed by atoms with Crippen molar-refractivity contribution in [1.29, 1.82) is 0 Å². The molecule has 1 aliphatic heterocycles. The van der Waals surface area contributed by atoms with E-state index in [9.17, 15) is 0 Å². The highest BCUT2D eigenvalue weighted by atomic mass is 32.1. The van der Waals surface area contributed by atoms with Gasteiger partial charge in [-0.15, -0.1) is 11.3 Å². The predicted octanol–water partition coefficient (Wildman–Crippen LogP) is 1.98. The minimum Gasteiger partial charge on any atom is -0.368 e. The highest BCUT2D eigenvalue weighted by Crippen LogP contribution is 2.37. The first kappa shape index (κ1) is 13.6. The summed E-state index contributed by atoms with van der Waals surface area (Å²) >= 11 is 1.79. The van der Waals surface area contributed by atoms with Crippen LogP contribution in [0.4, 0.5) is 11.8 Å². The highest BCUT2D eigenvalue weighted by Gasteiger charge is 2.22. The molecular formula is C14H21N5S. The van der Waals surface area contributed by atoms with Crippen LogP contribution in [-0.4, -0.2) is 36.1 Å². The number of nitrogen functional groups attached to an aromatic ring is 1. The summed E-state index contributed by atoms with van der Waals surface area (Å²) < 4.78 is 1.16. The maximum absolute atomic E-state index is 5.89. The summed E-state index contributed by atoms with van der Waals surface area (Å²) in [6, 6.07) is 2.16. The fourth-order valence-corrected chi connectivity index (χ4v) is 3.56. The van der Waals surface area contributed by atoms with Crippen LogP contribution in [0.15, 0.2) is 6.07 Å². The number of piperazine rings is 1. The van der Waals surface area contributed by atoms with Crippen LogP contribution in [0.5, 0.6) is 0 Å². The Bertz CT molecular complexity index is 622. The lowest BCUT2D eigenvalue weighted by Crippen LogP contribution is -2.44. The van der Waals surface area contributed by atoms with E-state index in [1.807, 2.05) is 0 Å². The van der Waals surface area contributed by atoms with Crippen LogP contribution in [0.3, 0.4) is 0 Å². The van der Waals surface area contributed by atoms with Crippen LogP contribution in [0.25, 0.3) is 10.2 Å². The number of nitrogens with two attached hydrogens (primary N) is 1. The lowest BCUT2D eigenvalue weighted by molar-refractivity contribution is 0.586. The van der Waals surface area contributed by atoms with Crippen molar-refractivity contribution in [3.05, 3.63) is 10.9 Å². The van der Waals surface area contributed by atoms with E-state index in [4.69, 9.17) is 5.73 Å². The van der Waals surface area contributed by atoms with Crippen molar-refractivity contribution in [2.45, 2.75) is 26.2 Å². The molecule has 6 heteroatoms. The third kappa shape index (κ3) is 2.45. The Labute approximate surface area is 123 Å². The van der Waals surface area contributed by atoms with Crippen molar-refractivity contribution in [3.8, 4) is 0 Å². The number of nitrogens with one attached hydrogen (secondary N) is 1. The summed E-state index contributed by atoms with van der Waals surface area (Å²) in [7, 11) is 0. The number of anilines is 2. The maximum Gasteiger partial charge on any atom is 0.222 e. The van der Waals surface area contributed by atoms with Gasteiger partial charge in [0, 0.05) is 31.1 Å². The lowest BCUT2D eigenvalue weighted by Gasteiger charge is -2.28. The zero-order chi connectivity index (χ0) is 14.3. The number of aromatic nitrogens is 2. The maximum atomic E-state index is 5.89. The number of hydrogen-bond donors (Lipinski definition) is 2. The SMILES string of the molecule is CC(C)(C)c1cc2nc(N)nc(N3CCNCC3)c2s1. The Kier molecular flexibility index (Phi) is 3.30. The minimum atomic E-state index is 0.126. The molecular weight excluding hydrogens is 270 g/mol. The zero-order valence-corrected chi connectivity index (χ0v) is 13.0. The lowest BCUT2D eigenvalue weighted by atomic mass is 9.95. The Morgan fingerprint density at radius 1 is 1.25 bits per heavy atom. The van der Waals surface area contributed by atoms with Gasteiger partial charge in [0.1, 0.15) is 0 Å². The summed E-state index contributed by atoms with van der Waals surface area (Å²) in [5.41, 5.74) is 6.99. The van der Waals surface area contributed by atoms with Gasteiger partial charge in [-0.1, -0.05) is 20.8 Å². The molecule has 0 radical (unpaired) electrons. The molecule has 2 aromatic rings. The number of hydrogen-bond acceptors (Lipinski definition) is 6. The fraction of sp³-hybridized carbons (Fsp3) is 0.571. The molecule has 0 saturated carbocycles. The van der Waals surface area contributed by atoms with Gasteiger partial charge in [-0.3, -0.25) is 0 Å². The normalized spacial score (nSPS) is 16.9. The first-order chi connectivity index (χ1) is 9.45. The second kappa shape index (κ2) is 4.86. The Morgan fingerprint density at radius 3 is 2.60 bits per heavy atom. The molecule has 5 nitrogen and oxygen atoms in total. The van der Waals surface area contributed by atoms with Crippen LogP contribution < -0.4 is 16.0 Å². The van der Waals surface area contributed by atoms with Crippen LogP contribution in [0.1, 0.15) is 25.6 Å². The molecule has 1 saturated heterocycles. The van der Waals surface area contributed by atoms with Gasteiger partial charge in [-0.05, 0) is 11.5 Å². The van der Waals surface area contributed by atoms with Crippen LogP contribution >= 0.6 is 11.3 Å². The quantitative estimate of drug-likeness (QED) is 0.841. The predicted molar refractivity (Wildman–Crippen MR) is 85.6 cm³/mol. The number of rotatable bonds is 1. The first-order valence-corrected chi connectivity index (χ1v) is 7.80. The van der Waals surface area contributed by atoms with E-state index in [2.05, 4.69) is 47.0 Å². The Balaban J connectivity index is 2.12. The average Bonchev–Trinajstić information content (AvgIpc) is 2.82. The molecule has 0 aromatic carbocycles.